The van der Waals surface area contributed by atoms with Crippen LogP contribution in [0.4, 0.5) is 0 Å². The van der Waals surface area contributed by atoms with E-state index >= 15 is 0 Å². The van der Waals surface area contributed by atoms with Crippen molar-refractivity contribution < 1.29 is 14.0 Å². The molecule has 8 heteroatoms. The first-order valence-electron chi connectivity index (χ1n) is 14.0. The van der Waals surface area contributed by atoms with Gasteiger partial charge in [-0.05, 0) is 42.8 Å². The lowest BCUT2D eigenvalue weighted by molar-refractivity contribution is -0.130. The maximum atomic E-state index is 13.3. The average molecular weight is 554 g/mol. The Kier molecular flexibility index (Phi) is 10.5. The summed E-state index contributed by atoms with van der Waals surface area (Å²) in [6.45, 7) is 8.71. The largest absolute Gasteiger partial charge is 0.464 e. The van der Waals surface area contributed by atoms with Gasteiger partial charge in [-0.15, -0.1) is 0 Å². The number of carbonyl (C=O) groups is 2. The molecule has 2 aromatic carbocycles. The number of carbonyl (C=O) groups excluding carboxylic acids is 2. The van der Waals surface area contributed by atoms with E-state index in [1.807, 2.05) is 75.8 Å². The molecule has 8 nitrogen and oxygen atoms in total. The van der Waals surface area contributed by atoms with Crippen LogP contribution in [-0.4, -0.2) is 64.2 Å². The van der Waals surface area contributed by atoms with Gasteiger partial charge in [0.1, 0.15) is 24.4 Å². The van der Waals surface area contributed by atoms with Crippen LogP contribution in [0.3, 0.4) is 0 Å². The van der Waals surface area contributed by atoms with E-state index in [-0.39, 0.29) is 23.9 Å². The maximum Gasteiger partial charge on any atom is 0.238 e. The smallest absolute Gasteiger partial charge is 0.238 e. The number of aldehydes is 1. The predicted molar refractivity (Wildman–Crippen MR) is 161 cm³/mol. The van der Waals surface area contributed by atoms with Gasteiger partial charge in [0, 0.05) is 61.7 Å². The fourth-order valence-electron chi connectivity index (χ4n) is 4.81. The van der Waals surface area contributed by atoms with Gasteiger partial charge in [0.05, 0.1) is 6.26 Å². The Morgan fingerprint density at radius 2 is 1.73 bits per heavy atom. The molecule has 1 aliphatic rings. The zero-order valence-electron chi connectivity index (χ0n) is 24.2. The Hall–Kier alpha value is -4.14. The number of amides is 1. The molecule has 1 saturated heterocycles. The van der Waals surface area contributed by atoms with Gasteiger partial charge >= 0.3 is 0 Å². The van der Waals surface area contributed by atoms with Gasteiger partial charge in [0.2, 0.25) is 5.91 Å². The first kappa shape index (κ1) is 29.8. The molecule has 0 saturated carbocycles. The van der Waals surface area contributed by atoms with Crippen LogP contribution in [0.15, 0.2) is 90.1 Å². The van der Waals surface area contributed by atoms with Crippen molar-refractivity contribution in [2.75, 3.05) is 20.1 Å². The predicted octanol–water partition coefficient (Wildman–Crippen LogP) is 5.07. The van der Waals surface area contributed by atoms with E-state index in [0.717, 1.165) is 47.4 Å². The number of piperazine rings is 1. The Balaban J connectivity index is 0.000000714. The minimum absolute atomic E-state index is 0.0499. The van der Waals surface area contributed by atoms with Gasteiger partial charge in [-0.3, -0.25) is 14.6 Å². The molecule has 0 bridgehead atoms. The molecule has 1 fully saturated rings. The maximum absolute atomic E-state index is 13.3. The Morgan fingerprint density at radius 1 is 1.02 bits per heavy atom. The molecule has 5 rings (SSSR count). The summed E-state index contributed by atoms with van der Waals surface area (Å²) >= 11 is 0. The van der Waals surface area contributed by atoms with Crippen molar-refractivity contribution in [2.45, 2.75) is 45.9 Å². The molecule has 2 unspecified atom stereocenters. The lowest BCUT2D eigenvalue weighted by atomic mass is 10.00. The van der Waals surface area contributed by atoms with Crippen molar-refractivity contribution in [3.8, 4) is 22.5 Å². The van der Waals surface area contributed by atoms with Crippen molar-refractivity contribution in [3.05, 3.63) is 96.8 Å². The van der Waals surface area contributed by atoms with Crippen molar-refractivity contribution in [1.82, 2.24) is 25.1 Å². The van der Waals surface area contributed by atoms with E-state index < -0.39 is 0 Å². The molecule has 214 valence electrons. The monoisotopic (exact) mass is 553 g/mol. The second kappa shape index (κ2) is 14.5. The average Bonchev–Trinajstić information content (AvgIpc) is 3.54. The molecule has 2 atom stereocenters. The summed E-state index contributed by atoms with van der Waals surface area (Å²) in [5.74, 6) is 1.09. The second-order valence-corrected chi connectivity index (χ2v) is 10.8. The number of hydrogen-bond acceptors (Lipinski definition) is 7. The highest BCUT2D eigenvalue weighted by molar-refractivity contribution is 5.82. The molecular formula is C33H39N5O3. The van der Waals surface area contributed by atoms with Crippen LogP contribution in [0.2, 0.25) is 0 Å². The van der Waals surface area contributed by atoms with E-state index in [1.165, 1.54) is 5.56 Å². The van der Waals surface area contributed by atoms with Gasteiger partial charge in [0.15, 0.2) is 0 Å². The van der Waals surface area contributed by atoms with E-state index in [9.17, 15) is 9.59 Å². The SMILES string of the molecule is CC(C)C=O.CC1CN(Cc2ccccc2-c2cncnc2)CC(C(=O)NCc2ccc(-c3ccco3)cc2)N1C. The standard InChI is InChI=1S/C29H31N5O2.C4H8O/c1-21-17-34(18-24-6-3-4-7-26(24)25-15-30-20-31-16-25)19-27(33(21)2)29(35)32-14-22-9-11-23(12-10-22)28-8-5-13-36-28;1-4(2)3-5/h3-13,15-16,20-21,27H,14,17-19H2,1-2H3,(H,32,35);3-4H,1-2H3. The first-order chi connectivity index (χ1) is 19.9. The van der Waals surface area contributed by atoms with Crippen LogP contribution >= 0.6 is 0 Å². The number of nitrogens with one attached hydrogen (secondary N) is 1. The topological polar surface area (TPSA) is 91.6 Å². The first-order valence-corrected chi connectivity index (χ1v) is 14.0. The van der Waals surface area contributed by atoms with Crippen LogP contribution in [0.1, 0.15) is 31.9 Å². The molecule has 0 radical (unpaired) electrons. The summed E-state index contributed by atoms with van der Waals surface area (Å²) in [5, 5.41) is 3.15. The van der Waals surface area contributed by atoms with Crippen molar-refractivity contribution in [2.24, 2.45) is 5.92 Å². The fourth-order valence-corrected chi connectivity index (χ4v) is 4.81. The third-order valence-corrected chi connectivity index (χ3v) is 7.22. The van der Waals surface area contributed by atoms with Crippen molar-refractivity contribution >= 4 is 12.2 Å². The number of benzene rings is 2. The van der Waals surface area contributed by atoms with Crippen LogP contribution in [0.5, 0.6) is 0 Å². The van der Waals surface area contributed by atoms with E-state index in [1.54, 1.807) is 12.6 Å². The molecule has 2 aromatic heterocycles. The summed E-state index contributed by atoms with van der Waals surface area (Å²) < 4.78 is 5.46. The number of nitrogens with zero attached hydrogens (tertiary/aromatic N) is 4. The molecule has 41 heavy (non-hydrogen) atoms. The molecule has 0 spiro atoms. The molecule has 3 heterocycles. The molecule has 1 N–H and O–H groups in total. The quantitative estimate of drug-likeness (QED) is 0.305. The highest BCUT2D eigenvalue weighted by Crippen LogP contribution is 2.25. The van der Waals surface area contributed by atoms with E-state index in [2.05, 4.69) is 50.2 Å². The Labute approximate surface area is 242 Å². The van der Waals surface area contributed by atoms with Crippen molar-refractivity contribution in [1.29, 1.82) is 0 Å². The van der Waals surface area contributed by atoms with Gasteiger partial charge < -0.3 is 14.5 Å². The van der Waals surface area contributed by atoms with Gasteiger partial charge in [-0.25, -0.2) is 9.97 Å². The lowest BCUT2D eigenvalue weighted by Gasteiger charge is -2.43. The zero-order chi connectivity index (χ0) is 29.2. The van der Waals surface area contributed by atoms with Crippen LogP contribution in [0.25, 0.3) is 22.5 Å². The summed E-state index contributed by atoms with van der Waals surface area (Å²) in [7, 11) is 2.04. The molecular weight excluding hydrogens is 514 g/mol. The number of hydrogen-bond donors (Lipinski definition) is 1. The zero-order valence-corrected chi connectivity index (χ0v) is 24.2. The lowest BCUT2D eigenvalue weighted by Crippen LogP contribution is -2.60. The molecule has 0 aliphatic carbocycles. The Bertz CT molecular complexity index is 1370. The van der Waals surface area contributed by atoms with E-state index in [0.29, 0.717) is 13.1 Å². The Morgan fingerprint density at radius 3 is 2.39 bits per heavy atom. The third-order valence-electron chi connectivity index (χ3n) is 7.22. The summed E-state index contributed by atoms with van der Waals surface area (Å²) in [6, 6.07) is 20.3. The van der Waals surface area contributed by atoms with Gasteiger partial charge in [-0.2, -0.15) is 0 Å². The van der Waals surface area contributed by atoms with Crippen LogP contribution in [0, 0.1) is 5.92 Å². The van der Waals surface area contributed by atoms with Crippen LogP contribution in [-0.2, 0) is 22.7 Å². The minimum Gasteiger partial charge on any atom is -0.464 e. The number of furan rings is 1. The van der Waals surface area contributed by atoms with Crippen molar-refractivity contribution in [3.63, 3.8) is 0 Å². The fraction of sp³-hybridized carbons (Fsp3) is 0.333. The number of rotatable bonds is 8. The summed E-state index contributed by atoms with van der Waals surface area (Å²) in [4.78, 5) is 35.7. The van der Waals surface area contributed by atoms with Gasteiger partial charge in [0.25, 0.3) is 0 Å². The van der Waals surface area contributed by atoms with Crippen LogP contribution < -0.4 is 5.32 Å². The number of likely N-dealkylation sites (N-methyl/N-ethyl adjacent to an activating group) is 1. The number of aromatic nitrogens is 2. The van der Waals surface area contributed by atoms with E-state index in [4.69, 9.17) is 4.42 Å². The minimum atomic E-state index is -0.219. The molecule has 1 amide bonds. The normalized spacial score (nSPS) is 17.5. The molecule has 4 aromatic rings. The molecule has 1 aliphatic heterocycles. The highest BCUT2D eigenvalue weighted by Gasteiger charge is 2.34. The highest BCUT2D eigenvalue weighted by atomic mass is 16.3. The van der Waals surface area contributed by atoms with Gasteiger partial charge in [-0.1, -0.05) is 62.4 Å². The summed E-state index contributed by atoms with van der Waals surface area (Å²) in [6.07, 6.45) is 7.82. The second-order valence-electron chi connectivity index (χ2n) is 10.8. The third kappa shape index (κ3) is 8.19. The summed E-state index contributed by atoms with van der Waals surface area (Å²) in [5.41, 5.74) is 5.42.